The summed E-state index contributed by atoms with van der Waals surface area (Å²) in [5.41, 5.74) is 6.05. The molecule has 5 heteroatoms. The van der Waals surface area contributed by atoms with E-state index in [1.165, 1.54) is 18.2 Å². The predicted octanol–water partition coefficient (Wildman–Crippen LogP) is 0.849. The van der Waals surface area contributed by atoms with Gasteiger partial charge in [0.05, 0.1) is 11.1 Å². The van der Waals surface area contributed by atoms with Crippen LogP contribution in [-0.4, -0.2) is 25.2 Å². The van der Waals surface area contributed by atoms with E-state index < -0.39 is 11.9 Å². The summed E-state index contributed by atoms with van der Waals surface area (Å²) >= 11 is 0. The highest BCUT2D eigenvalue weighted by atomic mass is 16.5. The van der Waals surface area contributed by atoms with Crippen molar-refractivity contribution in [3.8, 4) is 24.7 Å². The van der Waals surface area contributed by atoms with Gasteiger partial charge in [0.2, 0.25) is 0 Å². The second kappa shape index (κ2) is 6.73. The van der Waals surface area contributed by atoms with Gasteiger partial charge in [-0.1, -0.05) is 11.8 Å². The molecule has 1 aromatic rings. The Labute approximate surface area is 110 Å². The van der Waals surface area contributed by atoms with Gasteiger partial charge in [-0.05, 0) is 18.2 Å². The van der Waals surface area contributed by atoms with Gasteiger partial charge in [-0.15, -0.1) is 12.8 Å². The molecule has 0 aromatic heterocycles. The minimum atomic E-state index is -0.670. The number of anilines is 1. The van der Waals surface area contributed by atoms with Crippen LogP contribution in [0, 0.1) is 24.7 Å². The number of nitrogens with two attached hydrogens (primary N) is 1. The Morgan fingerprint density at radius 1 is 1.00 bits per heavy atom. The topological polar surface area (TPSA) is 78.6 Å². The van der Waals surface area contributed by atoms with E-state index in [9.17, 15) is 9.59 Å². The van der Waals surface area contributed by atoms with E-state index in [1.54, 1.807) is 0 Å². The molecule has 5 nitrogen and oxygen atoms in total. The Morgan fingerprint density at radius 2 is 1.42 bits per heavy atom. The summed E-state index contributed by atoms with van der Waals surface area (Å²) in [5, 5.41) is 0. The van der Waals surface area contributed by atoms with Crippen LogP contribution in [0.1, 0.15) is 20.7 Å². The molecule has 0 unspecified atom stereocenters. The van der Waals surface area contributed by atoms with Crippen LogP contribution < -0.4 is 5.73 Å². The number of terminal acetylenes is 2. The lowest BCUT2D eigenvalue weighted by molar-refractivity contribution is 0.0555. The van der Waals surface area contributed by atoms with Crippen molar-refractivity contribution < 1.29 is 19.1 Å². The summed E-state index contributed by atoms with van der Waals surface area (Å²) in [4.78, 5) is 23.2. The highest BCUT2D eigenvalue weighted by Gasteiger charge is 2.13. The number of hydrogen-bond acceptors (Lipinski definition) is 5. The highest BCUT2D eigenvalue weighted by molar-refractivity contribution is 5.96. The zero-order chi connectivity index (χ0) is 14.3. The average molecular weight is 257 g/mol. The van der Waals surface area contributed by atoms with Crippen LogP contribution in [0.15, 0.2) is 18.2 Å². The number of esters is 2. The lowest BCUT2D eigenvalue weighted by Crippen LogP contribution is -2.10. The molecule has 0 bridgehead atoms. The first-order chi connectivity index (χ1) is 9.08. The molecule has 1 aromatic carbocycles. The number of rotatable bonds is 4. The van der Waals surface area contributed by atoms with Crippen LogP contribution in [0.3, 0.4) is 0 Å². The number of carbonyl (C=O) groups excluding carboxylic acids is 2. The third-order valence-corrected chi connectivity index (χ3v) is 2.00. The number of hydrogen-bond donors (Lipinski definition) is 1. The van der Waals surface area contributed by atoms with Crippen LogP contribution in [0.2, 0.25) is 0 Å². The molecule has 0 amide bonds. The lowest BCUT2D eigenvalue weighted by atomic mass is 10.1. The SMILES string of the molecule is C#CCOC(=O)c1cc(N)cc(C(=O)OCC#C)c1. The minimum Gasteiger partial charge on any atom is -0.449 e. The average Bonchev–Trinajstić information content (AvgIpc) is 2.41. The normalized spacial score (nSPS) is 8.95. The largest absolute Gasteiger partial charge is 0.449 e. The van der Waals surface area contributed by atoms with E-state index in [-0.39, 0.29) is 30.0 Å². The maximum absolute atomic E-state index is 11.6. The van der Waals surface area contributed by atoms with Gasteiger partial charge < -0.3 is 15.2 Å². The van der Waals surface area contributed by atoms with E-state index in [2.05, 4.69) is 11.8 Å². The summed E-state index contributed by atoms with van der Waals surface area (Å²) < 4.78 is 9.47. The van der Waals surface area contributed by atoms with Crippen molar-refractivity contribution in [3.05, 3.63) is 29.3 Å². The van der Waals surface area contributed by atoms with Crippen molar-refractivity contribution in [3.63, 3.8) is 0 Å². The summed E-state index contributed by atoms with van der Waals surface area (Å²) in [5.74, 6) is 2.98. The molecule has 0 aliphatic heterocycles. The monoisotopic (exact) mass is 257 g/mol. The van der Waals surface area contributed by atoms with Crippen LogP contribution in [0.25, 0.3) is 0 Å². The second-order valence-corrected chi connectivity index (χ2v) is 3.40. The van der Waals surface area contributed by atoms with Crippen molar-refractivity contribution >= 4 is 17.6 Å². The third-order valence-electron chi connectivity index (χ3n) is 2.00. The van der Waals surface area contributed by atoms with Gasteiger partial charge in [0, 0.05) is 5.69 Å². The third kappa shape index (κ3) is 4.10. The van der Waals surface area contributed by atoms with Gasteiger partial charge in [-0.3, -0.25) is 0 Å². The zero-order valence-electron chi connectivity index (χ0n) is 10.0. The number of carbonyl (C=O) groups is 2. The van der Waals surface area contributed by atoms with Gasteiger partial charge >= 0.3 is 11.9 Å². The Bertz CT molecular complexity index is 530. The summed E-state index contributed by atoms with van der Waals surface area (Å²) in [6.45, 7) is -0.324. The first kappa shape index (κ1) is 14.1. The van der Waals surface area contributed by atoms with E-state index in [1.807, 2.05) is 0 Å². The Kier molecular flexibility index (Phi) is 5.01. The Morgan fingerprint density at radius 3 is 1.79 bits per heavy atom. The highest BCUT2D eigenvalue weighted by Crippen LogP contribution is 2.14. The lowest BCUT2D eigenvalue weighted by Gasteiger charge is -2.06. The number of nitrogen functional groups attached to an aromatic ring is 1. The van der Waals surface area contributed by atoms with E-state index in [4.69, 9.17) is 28.1 Å². The van der Waals surface area contributed by atoms with Crippen molar-refractivity contribution in [1.82, 2.24) is 0 Å². The van der Waals surface area contributed by atoms with Crippen LogP contribution in [-0.2, 0) is 9.47 Å². The summed E-state index contributed by atoms with van der Waals surface area (Å²) in [7, 11) is 0. The zero-order valence-corrected chi connectivity index (χ0v) is 10.0. The van der Waals surface area contributed by atoms with Crippen molar-refractivity contribution in [2.45, 2.75) is 0 Å². The molecule has 0 aliphatic rings. The number of benzene rings is 1. The fraction of sp³-hybridized carbons (Fsp3) is 0.143. The van der Waals surface area contributed by atoms with Gasteiger partial charge in [-0.25, -0.2) is 9.59 Å². The molecule has 0 radical (unpaired) electrons. The standard InChI is InChI=1S/C14H11NO4/c1-3-5-18-13(16)10-7-11(9-12(15)8-10)14(17)19-6-4-2/h1-2,7-9H,5-6,15H2. The molecule has 0 saturated carbocycles. The molecule has 19 heavy (non-hydrogen) atoms. The molecular formula is C14H11NO4. The summed E-state index contributed by atoms with van der Waals surface area (Å²) in [6.07, 6.45) is 9.95. The van der Waals surface area contributed by atoms with Crippen molar-refractivity contribution in [1.29, 1.82) is 0 Å². The van der Waals surface area contributed by atoms with Gasteiger partial charge in [0.15, 0.2) is 13.2 Å². The fourth-order valence-electron chi connectivity index (χ4n) is 1.27. The second-order valence-electron chi connectivity index (χ2n) is 3.40. The first-order valence-electron chi connectivity index (χ1n) is 5.20. The smallest absolute Gasteiger partial charge is 0.339 e. The van der Waals surface area contributed by atoms with Gasteiger partial charge in [0.25, 0.3) is 0 Å². The molecule has 2 N–H and O–H groups in total. The molecule has 1 rings (SSSR count). The molecule has 0 aliphatic carbocycles. The minimum absolute atomic E-state index is 0.114. The molecule has 96 valence electrons. The summed E-state index contributed by atoms with van der Waals surface area (Å²) in [6, 6.07) is 4.04. The van der Waals surface area contributed by atoms with Crippen molar-refractivity contribution in [2.75, 3.05) is 18.9 Å². The van der Waals surface area contributed by atoms with Gasteiger partial charge in [-0.2, -0.15) is 0 Å². The van der Waals surface area contributed by atoms with Crippen LogP contribution in [0.5, 0.6) is 0 Å². The maximum Gasteiger partial charge on any atom is 0.339 e. The van der Waals surface area contributed by atoms with Crippen LogP contribution >= 0.6 is 0 Å². The number of ether oxygens (including phenoxy) is 2. The van der Waals surface area contributed by atoms with Crippen molar-refractivity contribution in [2.24, 2.45) is 0 Å². The molecule has 0 spiro atoms. The Hall–Kier alpha value is -2.92. The van der Waals surface area contributed by atoms with Gasteiger partial charge in [0.1, 0.15) is 0 Å². The van der Waals surface area contributed by atoms with Crippen LogP contribution in [0.4, 0.5) is 5.69 Å². The molecule has 0 saturated heterocycles. The van der Waals surface area contributed by atoms with E-state index >= 15 is 0 Å². The first-order valence-corrected chi connectivity index (χ1v) is 5.20. The quantitative estimate of drug-likeness (QED) is 0.491. The molecule has 0 fully saturated rings. The fourth-order valence-corrected chi connectivity index (χ4v) is 1.27. The maximum atomic E-state index is 11.6. The van der Waals surface area contributed by atoms with E-state index in [0.717, 1.165) is 0 Å². The molecular weight excluding hydrogens is 246 g/mol. The molecule has 0 heterocycles. The molecule has 0 atom stereocenters. The Balaban J connectivity index is 2.95. The van der Waals surface area contributed by atoms with E-state index in [0.29, 0.717) is 0 Å². The predicted molar refractivity (Wildman–Crippen MR) is 69.1 cm³/mol.